The van der Waals surface area contributed by atoms with Crippen LogP contribution in [0.25, 0.3) is 0 Å². The fourth-order valence-electron chi connectivity index (χ4n) is 3.07. The summed E-state index contributed by atoms with van der Waals surface area (Å²) in [5.74, 6) is -1.65. The number of rotatable bonds is 4. The van der Waals surface area contributed by atoms with Crippen LogP contribution in [-0.4, -0.2) is 30.8 Å². The van der Waals surface area contributed by atoms with E-state index in [1.807, 2.05) is 0 Å². The van der Waals surface area contributed by atoms with Crippen molar-refractivity contribution >= 4 is 17.5 Å². The second-order valence-electron chi connectivity index (χ2n) is 5.61. The van der Waals surface area contributed by atoms with Crippen LogP contribution in [0, 0.1) is 10.1 Å². The third-order valence-corrected chi connectivity index (χ3v) is 4.15. The van der Waals surface area contributed by atoms with E-state index < -0.39 is 22.7 Å². The smallest absolute Gasteiger partial charge is 0.273 e. The highest BCUT2D eigenvalue weighted by Crippen LogP contribution is 2.41. The number of nitro benzene ring substituents is 1. The van der Waals surface area contributed by atoms with Gasteiger partial charge in [-0.2, -0.15) is 0 Å². The van der Waals surface area contributed by atoms with Crippen molar-refractivity contribution in [2.45, 2.75) is 19.8 Å². The number of likely N-dealkylation sites (N-methyl/N-ethyl adjacent to an activating group) is 2. The molecule has 0 aromatic heterocycles. The molecule has 0 fully saturated rings. The van der Waals surface area contributed by atoms with E-state index in [2.05, 4.69) is 16.0 Å². The number of nitro groups is 1. The highest BCUT2D eigenvalue weighted by Gasteiger charge is 2.38. The highest BCUT2D eigenvalue weighted by atomic mass is 16.6. The summed E-state index contributed by atoms with van der Waals surface area (Å²) < 4.78 is 0. The zero-order valence-corrected chi connectivity index (χ0v) is 14.5. The van der Waals surface area contributed by atoms with Gasteiger partial charge in [-0.15, -0.1) is 0 Å². The number of allylic oxidation sites excluding steroid dienone is 2. The van der Waals surface area contributed by atoms with Crippen LogP contribution in [0.3, 0.4) is 0 Å². The molecule has 2 amide bonds. The molecule has 0 atom stereocenters. The molecule has 1 aromatic rings. The van der Waals surface area contributed by atoms with Crippen molar-refractivity contribution in [1.29, 1.82) is 0 Å². The maximum Gasteiger partial charge on any atom is 0.273 e. The zero-order chi connectivity index (χ0) is 18.7. The van der Waals surface area contributed by atoms with E-state index >= 15 is 0 Å². The first-order valence-corrected chi connectivity index (χ1v) is 7.69. The second kappa shape index (κ2) is 7.16. The number of nitrogens with one attached hydrogen (secondary N) is 3. The van der Waals surface area contributed by atoms with Gasteiger partial charge in [-0.1, -0.05) is 18.2 Å². The Morgan fingerprint density at radius 2 is 1.52 bits per heavy atom. The Kier molecular flexibility index (Phi) is 5.21. The first-order valence-electron chi connectivity index (χ1n) is 7.69. The topological polar surface area (TPSA) is 113 Å². The third kappa shape index (κ3) is 3.23. The first kappa shape index (κ1) is 18.2. The van der Waals surface area contributed by atoms with Gasteiger partial charge in [0.1, 0.15) is 0 Å². The molecule has 1 aliphatic heterocycles. The SMILES string of the molecule is CNC(=O)C1=C(C)NC(C)=C(C(=O)NC)C1c1ccccc1[N+](=O)[O-]. The van der Waals surface area contributed by atoms with Crippen LogP contribution in [0.15, 0.2) is 46.8 Å². The number of dihydropyridines is 1. The number of hydrogen-bond donors (Lipinski definition) is 3. The Morgan fingerprint density at radius 3 is 1.96 bits per heavy atom. The van der Waals surface area contributed by atoms with Gasteiger partial charge in [0.2, 0.25) is 11.8 Å². The Bertz CT molecular complexity index is 773. The molecule has 0 saturated heterocycles. The number of hydrogen-bond acceptors (Lipinski definition) is 5. The third-order valence-electron chi connectivity index (χ3n) is 4.15. The molecule has 0 bridgehead atoms. The minimum atomic E-state index is -0.845. The molecule has 2 rings (SSSR count). The predicted molar refractivity (Wildman–Crippen MR) is 92.5 cm³/mol. The molecule has 8 heteroatoms. The van der Waals surface area contributed by atoms with Gasteiger partial charge < -0.3 is 16.0 Å². The number of nitrogens with zero attached hydrogens (tertiary/aromatic N) is 1. The van der Waals surface area contributed by atoms with E-state index in [1.54, 1.807) is 32.0 Å². The Hall–Kier alpha value is -3.16. The molecular weight excluding hydrogens is 324 g/mol. The van der Waals surface area contributed by atoms with Crippen molar-refractivity contribution in [3.63, 3.8) is 0 Å². The van der Waals surface area contributed by atoms with Gasteiger partial charge in [-0.05, 0) is 13.8 Å². The van der Waals surface area contributed by atoms with Gasteiger partial charge in [0.25, 0.3) is 5.69 Å². The van der Waals surface area contributed by atoms with Gasteiger partial charge in [-0.25, -0.2) is 0 Å². The van der Waals surface area contributed by atoms with Crippen molar-refractivity contribution in [2.75, 3.05) is 14.1 Å². The lowest BCUT2D eigenvalue weighted by Gasteiger charge is -2.30. The summed E-state index contributed by atoms with van der Waals surface area (Å²) in [7, 11) is 2.95. The monoisotopic (exact) mass is 344 g/mol. The molecule has 0 aliphatic carbocycles. The molecule has 132 valence electrons. The fourth-order valence-corrected chi connectivity index (χ4v) is 3.07. The molecule has 25 heavy (non-hydrogen) atoms. The Morgan fingerprint density at radius 1 is 1.04 bits per heavy atom. The molecule has 3 N–H and O–H groups in total. The summed E-state index contributed by atoms with van der Waals surface area (Å²) in [5, 5.41) is 19.6. The van der Waals surface area contributed by atoms with Gasteiger partial charge in [0, 0.05) is 48.3 Å². The van der Waals surface area contributed by atoms with Crippen LogP contribution in [0.5, 0.6) is 0 Å². The van der Waals surface area contributed by atoms with Crippen LogP contribution in [0.1, 0.15) is 25.3 Å². The molecule has 0 saturated carbocycles. The van der Waals surface area contributed by atoms with Gasteiger partial charge in [-0.3, -0.25) is 19.7 Å². The highest BCUT2D eigenvalue weighted by molar-refractivity contribution is 6.03. The van der Waals surface area contributed by atoms with E-state index in [-0.39, 0.29) is 16.8 Å². The minimum Gasteiger partial charge on any atom is -0.362 e. The first-order chi connectivity index (χ1) is 11.8. The number of carbonyl (C=O) groups is 2. The standard InChI is InChI=1S/C17H20N4O4/c1-9-13(16(22)18-3)15(14(10(2)20-9)17(23)19-4)11-7-5-6-8-12(11)21(24)25/h5-8,15,20H,1-4H3,(H,18,22)(H,19,23). The van der Waals surface area contributed by atoms with Crippen molar-refractivity contribution in [3.8, 4) is 0 Å². The number of carbonyl (C=O) groups excluding carboxylic acids is 2. The van der Waals surface area contributed by atoms with Crippen LogP contribution in [0.4, 0.5) is 5.69 Å². The number of amides is 2. The van der Waals surface area contributed by atoms with Crippen molar-refractivity contribution in [3.05, 3.63) is 62.5 Å². The van der Waals surface area contributed by atoms with Crippen molar-refractivity contribution in [2.24, 2.45) is 0 Å². The van der Waals surface area contributed by atoms with Crippen molar-refractivity contribution < 1.29 is 14.5 Å². The summed E-state index contributed by atoms with van der Waals surface area (Å²) in [6.45, 7) is 3.41. The summed E-state index contributed by atoms with van der Waals surface area (Å²) in [6.07, 6.45) is 0. The average molecular weight is 344 g/mol. The van der Waals surface area contributed by atoms with Crippen LogP contribution < -0.4 is 16.0 Å². The second-order valence-corrected chi connectivity index (χ2v) is 5.61. The molecular formula is C17H20N4O4. The van der Waals surface area contributed by atoms with Crippen LogP contribution in [0.2, 0.25) is 0 Å². The quantitative estimate of drug-likeness (QED) is 0.563. The fraction of sp³-hybridized carbons (Fsp3) is 0.294. The lowest BCUT2D eigenvalue weighted by Crippen LogP contribution is -2.37. The van der Waals surface area contributed by atoms with Gasteiger partial charge >= 0.3 is 0 Å². The summed E-state index contributed by atoms with van der Waals surface area (Å²) in [4.78, 5) is 35.9. The maximum atomic E-state index is 12.5. The molecule has 8 nitrogen and oxygen atoms in total. The number of benzene rings is 1. The van der Waals surface area contributed by atoms with Gasteiger partial charge in [0.15, 0.2) is 0 Å². The Labute approximate surface area is 145 Å². The van der Waals surface area contributed by atoms with Gasteiger partial charge in [0.05, 0.1) is 10.8 Å². The molecule has 0 radical (unpaired) electrons. The zero-order valence-electron chi connectivity index (χ0n) is 14.5. The molecule has 0 unspecified atom stereocenters. The molecule has 0 spiro atoms. The molecule has 1 aromatic carbocycles. The molecule has 1 aliphatic rings. The minimum absolute atomic E-state index is 0.141. The lowest BCUT2D eigenvalue weighted by atomic mass is 9.79. The molecule has 1 heterocycles. The van der Waals surface area contributed by atoms with Crippen LogP contribution in [-0.2, 0) is 9.59 Å². The summed E-state index contributed by atoms with van der Waals surface area (Å²) in [6, 6.07) is 6.14. The van der Waals surface area contributed by atoms with E-state index in [9.17, 15) is 19.7 Å². The maximum absolute atomic E-state index is 12.5. The normalized spacial score (nSPS) is 14.9. The van der Waals surface area contributed by atoms with E-state index in [4.69, 9.17) is 0 Å². The van der Waals surface area contributed by atoms with Crippen LogP contribution >= 0.6 is 0 Å². The van der Waals surface area contributed by atoms with E-state index in [1.165, 1.54) is 20.2 Å². The average Bonchev–Trinajstić information content (AvgIpc) is 2.59. The Balaban J connectivity index is 2.80. The largest absolute Gasteiger partial charge is 0.362 e. The lowest BCUT2D eigenvalue weighted by molar-refractivity contribution is -0.385. The van der Waals surface area contributed by atoms with E-state index in [0.29, 0.717) is 17.0 Å². The van der Waals surface area contributed by atoms with E-state index in [0.717, 1.165) is 0 Å². The predicted octanol–water partition coefficient (Wildman–Crippen LogP) is 1.32. The summed E-state index contributed by atoms with van der Waals surface area (Å²) >= 11 is 0. The summed E-state index contributed by atoms with van der Waals surface area (Å²) in [5.41, 5.74) is 1.81. The number of para-hydroxylation sites is 1. The van der Waals surface area contributed by atoms with Crippen molar-refractivity contribution in [1.82, 2.24) is 16.0 Å².